The Kier molecular flexibility index (Phi) is 4.78. The molecule has 0 aliphatic carbocycles. The van der Waals surface area contributed by atoms with Crippen LogP contribution in [0.25, 0.3) is 0 Å². The summed E-state index contributed by atoms with van der Waals surface area (Å²) >= 11 is 0. The van der Waals surface area contributed by atoms with Crippen molar-refractivity contribution in [3.05, 3.63) is 78.1 Å². The van der Waals surface area contributed by atoms with Crippen LogP contribution >= 0.6 is 0 Å². The number of benzene rings is 2. The van der Waals surface area contributed by atoms with E-state index in [1.165, 1.54) is 0 Å². The summed E-state index contributed by atoms with van der Waals surface area (Å²) in [5.74, 6) is 0.291. The van der Waals surface area contributed by atoms with Gasteiger partial charge in [0, 0.05) is 38.1 Å². The second-order valence-corrected chi connectivity index (χ2v) is 6.71. The van der Waals surface area contributed by atoms with Gasteiger partial charge in [0.05, 0.1) is 18.3 Å². The zero-order chi connectivity index (χ0) is 18.6. The minimum Gasteiger partial charge on any atom is -0.508 e. The highest BCUT2D eigenvalue weighted by Gasteiger charge is 2.23. The first-order chi connectivity index (χ1) is 13.2. The maximum atomic E-state index is 12.8. The number of aromatic nitrogens is 2. The summed E-state index contributed by atoms with van der Waals surface area (Å²) in [6, 6.07) is 17.3. The van der Waals surface area contributed by atoms with Gasteiger partial charge in [0.15, 0.2) is 0 Å². The van der Waals surface area contributed by atoms with Gasteiger partial charge in [-0.2, -0.15) is 5.10 Å². The van der Waals surface area contributed by atoms with E-state index in [2.05, 4.69) is 10.00 Å². The zero-order valence-electron chi connectivity index (χ0n) is 15.0. The van der Waals surface area contributed by atoms with Crippen LogP contribution in [0, 0.1) is 0 Å². The minimum absolute atomic E-state index is 0.0275. The molecule has 138 valence electrons. The van der Waals surface area contributed by atoms with Gasteiger partial charge in [0.25, 0.3) is 5.91 Å². The van der Waals surface area contributed by atoms with E-state index in [4.69, 9.17) is 0 Å². The quantitative estimate of drug-likeness (QED) is 0.775. The lowest BCUT2D eigenvalue weighted by atomic mass is 10.2. The molecule has 1 amide bonds. The largest absolute Gasteiger partial charge is 0.508 e. The molecule has 3 aromatic rings. The standard InChI is InChI=1S/C21H22N4O2/c26-20-8-6-19(7-9-20)23-10-12-24(13-11-23)21(27)18-14-22-25(16-18)15-17-4-2-1-3-5-17/h1-9,14,16,26H,10-13,15H2. The molecule has 1 aromatic heterocycles. The normalized spacial score (nSPS) is 14.4. The van der Waals surface area contributed by atoms with Crippen molar-refractivity contribution in [3.8, 4) is 5.75 Å². The average Bonchev–Trinajstić information content (AvgIpc) is 3.17. The van der Waals surface area contributed by atoms with Crippen molar-refractivity contribution in [2.45, 2.75) is 6.54 Å². The van der Waals surface area contributed by atoms with Crippen molar-refractivity contribution in [1.29, 1.82) is 0 Å². The molecule has 0 saturated carbocycles. The number of hydrogen-bond donors (Lipinski definition) is 1. The Morgan fingerprint density at radius 1 is 0.963 bits per heavy atom. The number of piperazine rings is 1. The number of phenols is 1. The molecule has 27 heavy (non-hydrogen) atoms. The van der Waals surface area contributed by atoms with Gasteiger partial charge >= 0.3 is 0 Å². The summed E-state index contributed by atoms with van der Waals surface area (Å²) in [5.41, 5.74) is 2.85. The fraction of sp³-hybridized carbons (Fsp3) is 0.238. The molecule has 1 fully saturated rings. The molecule has 1 N–H and O–H groups in total. The zero-order valence-corrected chi connectivity index (χ0v) is 15.0. The topological polar surface area (TPSA) is 61.6 Å². The van der Waals surface area contributed by atoms with Gasteiger partial charge in [-0.05, 0) is 29.8 Å². The molecule has 2 aromatic carbocycles. The number of carbonyl (C=O) groups is 1. The summed E-state index contributed by atoms with van der Waals surface area (Å²) in [5, 5.41) is 13.7. The van der Waals surface area contributed by atoms with E-state index in [1.54, 1.807) is 23.0 Å². The molecule has 1 aliphatic heterocycles. The highest BCUT2D eigenvalue weighted by Crippen LogP contribution is 2.20. The smallest absolute Gasteiger partial charge is 0.257 e. The first kappa shape index (κ1) is 17.1. The molecule has 0 bridgehead atoms. The summed E-state index contributed by atoms with van der Waals surface area (Å²) < 4.78 is 1.80. The van der Waals surface area contributed by atoms with Gasteiger partial charge in [-0.1, -0.05) is 30.3 Å². The van der Waals surface area contributed by atoms with Crippen LogP contribution in [-0.2, 0) is 6.54 Å². The third kappa shape index (κ3) is 3.95. The van der Waals surface area contributed by atoms with Crippen LogP contribution < -0.4 is 4.90 Å². The molecule has 0 atom stereocenters. The second kappa shape index (κ2) is 7.53. The van der Waals surface area contributed by atoms with E-state index in [0.29, 0.717) is 25.2 Å². The van der Waals surface area contributed by atoms with E-state index in [0.717, 1.165) is 24.3 Å². The van der Waals surface area contributed by atoms with Gasteiger partial charge in [0.2, 0.25) is 0 Å². The molecule has 6 heteroatoms. The SMILES string of the molecule is O=C(c1cnn(Cc2ccccc2)c1)N1CCN(c2ccc(O)cc2)CC1. The lowest BCUT2D eigenvalue weighted by molar-refractivity contribution is 0.0746. The summed E-state index contributed by atoms with van der Waals surface area (Å²) in [6.45, 7) is 3.54. The third-order valence-electron chi connectivity index (χ3n) is 4.85. The lowest BCUT2D eigenvalue weighted by Crippen LogP contribution is -2.48. The predicted octanol–water partition coefficient (Wildman–Crippen LogP) is 2.60. The van der Waals surface area contributed by atoms with Crippen LogP contribution in [-0.4, -0.2) is 51.9 Å². The lowest BCUT2D eigenvalue weighted by Gasteiger charge is -2.36. The second-order valence-electron chi connectivity index (χ2n) is 6.71. The number of aromatic hydroxyl groups is 1. The molecule has 0 radical (unpaired) electrons. The Labute approximate surface area is 158 Å². The molecule has 1 saturated heterocycles. The fourth-order valence-corrected chi connectivity index (χ4v) is 3.34. The van der Waals surface area contributed by atoms with Gasteiger partial charge in [0.1, 0.15) is 5.75 Å². The maximum Gasteiger partial charge on any atom is 0.257 e. The van der Waals surface area contributed by atoms with E-state index in [1.807, 2.05) is 53.6 Å². The van der Waals surface area contributed by atoms with E-state index in [9.17, 15) is 9.90 Å². The van der Waals surface area contributed by atoms with Crippen LogP contribution in [0.4, 0.5) is 5.69 Å². The number of rotatable bonds is 4. The Hall–Kier alpha value is -3.28. The van der Waals surface area contributed by atoms with Crippen LogP contribution in [0.1, 0.15) is 15.9 Å². The first-order valence-corrected chi connectivity index (χ1v) is 9.09. The molecule has 0 spiro atoms. The third-order valence-corrected chi connectivity index (χ3v) is 4.85. The van der Waals surface area contributed by atoms with E-state index in [-0.39, 0.29) is 11.7 Å². The molecule has 1 aliphatic rings. The molecule has 2 heterocycles. The van der Waals surface area contributed by atoms with Crippen molar-refractivity contribution >= 4 is 11.6 Å². The average molecular weight is 362 g/mol. The van der Waals surface area contributed by atoms with Crippen LogP contribution in [0.2, 0.25) is 0 Å². The number of anilines is 1. The number of amides is 1. The van der Waals surface area contributed by atoms with Crippen molar-refractivity contribution in [3.63, 3.8) is 0 Å². The molecular formula is C21H22N4O2. The van der Waals surface area contributed by atoms with Crippen molar-refractivity contribution in [2.75, 3.05) is 31.1 Å². The molecular weight excluding hydrogens is 340 g/mol. The van der Waals surface area contributed by atoms with Crippen molar-refractivity contribution in [2.24, 2.45) is 0 Å². The molecule has 0 unspecified atom stereocenters. The van der Waals surface area contributed by atoms with Crippen molar-refractivity contribution in [1.82, 2.24) is 14.7 Å². The Bertz CT molecular complexity index is 897. The highest BCUT2D eigenvalue weighted by atomic mass is 16.3. The number of hydrogen-bond acceptors (Lipinski definition) is 4. The molecule has 6 nitrogen and oxygen atoms in total. The Morgan fingerprint density at radius 2 is 1.67 bits per heavy atom. The fourth-order valence-electron chi connectivity index (χ4n) is 3.34. The first-order valence-electron chi connectivity index (χ1n) is 9.09. The van der Waals surface area contributed by atoms with Gasteiger partial charge in [-0.3, -0.25) is 9.48 Å². The van der Waals surface area contributed by atoms with Crippen LogP contribution in [0.3, 0.4) is 0 Å². The number of nitrogens with zero attached hydrogens (tertiary/aromatic N) is 4. The predicted molar refractivity (Wildman–Crippen MR) is 104 cm³/mol. The minimum atomic E-state index is 0.0275. The Balaban J connectivity index is 1.36. The monoisotopic (exact) mass is 362 g/mol. The number of phenolic OH excluding ortho intramolecular Hbond substituents is 1. The maximum absolute atomic E-state index is 12.8. The number of carbonyl (C=O) groups excluding carboxylic acids is 1. The molecule has 4 rings (SSSR count). The van der Waals surface area contributed by atoms with E-state index >= 15 is 0 Å². The Morgan fingerprint density at radius 3 is 2.37 bits per heavy atom. The summed E-state index contributed by atoms with van der Waals surface area (Å²) in [4.78, 5) is 16.9. The van der Waals surface area contributed by atoms with Crippen LogP contribution in [0.15, 0.2) is 67.0 Å². The van der Waals surface area contributed by atoms with Crippen LogP contribution in [0.5, 0.6) is 5.75 Å². The van der Waals surface area contributed by atoms with Gasteiger partial charge in [-0.25, -0.2) is 0 Å². The van der Waals surface area contributed by atoms with Gasteiger partial charge < -0.3 is 14.9 Å². The highest BCUT2D eigenvalue weighted by molar-refractivity contribution is 5.93. The van der Waals surface area contributed by atoms with E-state index < -0.39 is 0 Å². The van der Waals surface area contributed by atoms with Crippen molar-refractivity contribution < 1.29 is 9.90 Å². The summed E-state index contributed by atoms with van der Waals surface area (Å²) in [7, 11) is 0. The van der Waals surface area contributed by atoms with Gasteiger partial charge in [-0.15, -0.1) is 0 Å². The summed E-state index contributed by atoms with van der Waals surface area (Å²) in [6.07, 6.45) is 3.47.